The molecule has 0 amide bonds. The van der Waals surface area contributed by atoms with E-state index in [0.717, 1.165) is 19.3 Å². The summed E-state index contributed by atoms with van der Waals surface area (Å²) in [6.45, 7) is 7.29. The molecule has 0 saturated carbocycles. The Bertz CT molecular complexity index is 204. The largest absolute Gasteiger partial charge is 0.405 e. The van der Waals surface area contributed by atoms with E-state index >= 15 is 0 Å². The Morgan fingerprint density at radius 3 is 2.31 bits per heavy atom. The van der Waals surface area contributed by atoms with Crippen LogP contribution in [-0.2, 0) is 4.74 Å². The topological polar surface area (TPSA) is 61.3 Å². The molecule has 0 rings (SSSR count). The Labute approximate surface area is 100 Å². The standard InChI is InChI=1S/C13H28N2O/c1-10(5-6-11(2)16-4)12(3)13(9-15)7-8-14/h9-12H,5-8,14-15H2,1-4H3/b13-9-. The molecule has 3 unspecified atom stereocenters. The second kappa shape index (κ2) is 8.59. The van der Waals surface area contributed by atoms with E-state index in [0.29, 0.717) is 24.5 Å². The van der Waals surface area contributed by atoms with Crippen molar-refractivity contribution in [2.24, 2.45) is 23.3 Å². The number of methoxy groups -OCH3 is 1. The van der Waals surface area contributed by atoms with Gasteiger partial charge in [0.1, 0.15) is 0 Å². The number of hydrogen-bond donors (Lipinski definition) is 2. The predicted molar refractivity (Wildman–Crippen MR) is 70.0 cm³/mol. The van der Waals surface area contributed by atoms with Crippen LogP contribution in [0.1, 0.15) is 40.0 Å². The van der Waals surface area contributed by atoms with Gasteiger partial charge in [-0.1, -0.05) is 19.4 Å². The summed E-state index contributed by atoms with van der Waals surface area (Å²) in [6, 6.07) is 0. The molecule has 0 saturated heterocycles. The fraction of sp³-hybridized carbons (Fsp3) is 0.846. The van der Waals surface area contributed by atoms with Gasteiger partial charge in [0.15, 0.2) is 0 Å². The quantitative estimate of drug-likeness (QED) is 0.670. The fourth-order valence-electron chi connectivity index (χ4n) is 1.86. The number of rotatable bonds is 8. The van der Waals surface area contributed by atoms with Gasteiger partial charge in [0.2, 0.25) is 0 Å². The van der Waals surface area contributed by atoms with Crippen molar-refractivity contribution >= 4 is 0 Å². The van der Waals surface area contributed by atoms with Gasteiger partial charge in [-0.25, -0.2) is 0 Å². The molecule has 0 bridgehead atoms. The zero-order chi connectivity index (χ0) is 12.6. The van der Waals surface area contributed by atoms with Gasteiger partial charge in [0.05, 0.1) is 6.10 Å². The summed E-state index contributed by atoms with van der Waals surface area (Å²) in [5, 5.41) is 0. The van der Waals surface area contributed by atoms with Crippen molar-refractivity contribution in [3.63, 3.8) is 0 Å². The smallest absolute Gasteiger partial charge is 0.0543 e. The Kier molecular flexibility index (Phi) is 8.30. The average Bonchev–Trinajstić information content (AvgIpc) is 2.31. The Morgan fingerprint density at radius 1 is 1.25 bits per heavy atom. The van der Waals surface area contributed by atoms with Gasteiger partial charge in [0.25, 0.3) is 0 Å². The van der Waals surface area contributed by atoms with Crippen molar-refractivity contribution in [3.05, 3.63) is 11.8 Å². The van der Waals surface area contributed by atoms with Crippen molar-refractivity contribution in [1.29, 1.82) is 0 Å². The van der Waals surface area contributed by atoms with E-state index in [1.165, 1.54) is 5.57 Å². The third-order valence-electron chi connectivity index (χ3n) is 3.52. The predicted octanol–water partition coefficient (Wildman–Crippen LogP) is 2.27. The van der Waals surface area contributed by atoms with Crippen LogP contribution in [0.15, 0.2) is 11.8 Å². The maximum atomic E-state index is 5.64. The van der Waals surface area contributed by atoms with Crippen LogP contribution in [0.5, 0.6) is 0 Å². The minimum atomic E-state index is 0.342. The minimum absolute atomic E-state index is 0.342. The van der Waals surface area contributed by atoms with Gasteiger partial charge in [-0.2, -0.15) is 0 Å². The van der Waals surface area contributed by atoms with Crippen LogP contribution in [0.2, 0.25) is 0 Å². The monoisotopic (exact) mass is 228 g/mol. The Balaban J connectivity index is 4.10. The Morgan fingerprint density at radius 2 is 1.88 bits per heavy atom. The molecular weight excluding hydrogens is 200 g/mol. The maximum absolute atomic E-state index is 5.64. The van der Waals surface area contributed by atoms with Crippen LogP contribution >= 0.6 is 0 Å². The molecule has 0 aliphatic carbocycles. The van der Waals surface area contributed by atoms with Gasteiger partial charge in [-0.15, -0.1) is 0 Å². The first kappa shape index (κ1) is 15.5. The van der Waals surface area contributed by atoms with Crippen molar-refractivity contribution in [1.82, 2.24) is 0 Å². The molecule has 0 aromatic rings. The third-order valence-corrected chi connectivity index (χ3v) is 3.52. The molecular formula is C13H28N2O. The van der Waals surface area contributed by atoms with E-state index in [1.54, 1.807) is 13.3 Å². The summed E-state index contributed by atoms with van der Waals surface area (Å²) >= 11 is 0. The molecule has 3 atom stereocenters. The second-order valence-electron chi connectivity index (χ2n) is 4.67. The SMILES string of the molecule is COC(C)CCC(C)C(C)/C(=C\N)CCN. The third kappa shape index (κ3) is 5.52. The maximum Gasteiger partial charge on any atom is 0.0543 e. The zero-order valence-electron chi connectivity index (χ0n) is 11.2. The summed E-state index contributed by atoms with van der Waals surface area (Å²) in [7, 11) is 1.76. The first-order valence-electron chi connectivity index (χ1n) is 6.20. The van der Waals surface area contributed by atoms with Crippen LogP contribution in [0.25, 0.3) is 0 Å². The molecule has 3 nitrogen and oxygen atoms in total. The van der Waals surface area contributed by atoms with E-state index in [2.05, 4.69) is 20.8 Å². The minimum Gasteiger partial charge on any atom is -0.405 e. The summed E-state index contributed by atoms with van der Waals surface area (Å²) in [5.74, 6) is 1.14. The van der Waals surface area contributed by atoms with Gasteiger partial charge in [-0.3, -0.25) is 0 Å². The normalized spacial score (nSPS) is 18.2. The molecule has 0 radical (unpaired) electrons. The van der Waals surface area contributed by atoms with Gasteiger partial charge in [0, 0.05) is 7.11 Å². The van der Waals surface area contributed by atoms with E-state index in [-0.39, 0.29) is 0 Å². The van der Waals surface area contributed by atoms with Crippen molar-refractivity contribution in [2.45, 2.75) is 46.1 Å². The molecule has 0 heterocycles. The van der Waals surface area contributed by atoms with E-state index in [4.69, 9.17) is 16.2 Å². The summed E-state index contributed by atoms with van der Waals surface area (Å²) < 4.78 is 5.26. The molecule has 4 N–H and O–H groups in total. The van der Waals surface area contributed by atoms with Crippen LogP contribution in [0, 0.1) is 11.8 Å². The van der Waals surface area contributed by atoms with Gasteiger partial charge >= 0.3 is 0 Å². The highest BCUT2D eigenvalue weighted by atomic mass is 16.5. The highest BCUT2D eigenvalue weighted by molar-refractivity contribution is 5.05. The van der Waals surface area contributed by atoms with Crippen LogP contribution in [-0.4, -0.2) is 19.8 Å². The molecule has 0 aromatic carbocycles. The number of nitrogens with two attached hydrogens (primary N) is 2. The van der Waals surface area contributed by atoms with Crippen molar-refractivity contribution in [2.75, 3.05) is 13.7 Å². The van der Waals surface area contributed by atoms with Crippen molar-refractivity contribution in [3.8, 4) is 0 Å². The summed E-state index contributed by atoms with van der Waals surface area (Å²) in [4.78, 5) is 0. The molecule has 0 aromatic heterocycles. The first-order chi connectivity index (χ1) is 7.56. The molecule has 0 fully saturated rings. The number of hydrogen-bond acceptors (Lipinski definition) is 3. The lowest BCUT2D eigenvalue weighted by Crippen LogP contribution is -2.17. The van der Waals surface area contributed by atoms with Crippen LogP contribution < -0.4 is 11.5 Å². The molecule has 3 heteroatoms. The van der Waals surface area contributed by atoms with E-state index < -0.39 is 0 Å². The van der Waals surface area contributed by atoms with Crippen LogP contribution in [0.3, 0.4) is 0 Å². The molecule has 96 valence electrons. The number of ether oxygens (including phenoxy) is 1. The highest BCUT2D eigenvalue weighted by Crippen LogP contribution is 2.26. The summed E-state index contributed by atoms with van der Waals surface area (Å²) in [6.07, 6.45) is 5.24. The average molecular weight is 228 g/mol. The lowest BCUT2D eigenvalue weighted by atomic mass is 9.84. The van der Waals surface area contributed by atoms with E-state index in [9.17, 15) is 0 Å². The zero-order valence-corrected chi connectivity index (χ0v) is 11.2. The lowest BCUT2D eigenvalue weighted by Gasteiger charge is -2.23. The van der Waals surface area contributed by atoms with Crippen molar-refractivity contribution < 1.29 is 4.74 Å². The highest BCUT2D eigenvalue weighted by Gasteiger charge is 2.16. The second-order valence-corrected chi connectivity index (χ2v) is 4.67. The van der Waals surface area contributed by atoms with Crippen LogP contribution in [0.4, 0.5) is 0 Å². The first-order valence-corrected chi connectivity index (χ1v) is 6.20. The summed E-state index contributed by atoms with van der Waals surface area (Å²) in [5.41, 5.74) is 12.5. The lowest BCUT2D eigenvalue weighted by molar-refractivity contribution is 0.103. The fourth-order valence-corrected chi connectivity index (χ4v) is 1.86. The molecule has 0 aliphatic rings. The Hall–Kier alpha value is -0.540. The molecule has 0 spiro atoms. The molecule has 0 aliphatic heterocycles. The van der Waals surface area contributed by atoms with Gasteiger partial charge < -0.3 is 16.2 Å². The molecule has 16 heavy (non-hydrogen) atoms. The van der Waals surface area contributed by atoms with E-state index in [1.807, 2.05) is 0 Å². The van der Waals surface area contributed by atoms with Gasteiger partial charge in [-0.05, 0) is 50.8 Å².